The number of nitrogens with one attached hydrogen (secondary N) is 2. The number of hydrogen-bond acceptors (Lipinski definition) is 2. The Kier molecular flexibility index (Phi) is 1.87. The van der Waals surface area contributed by atoms with E-state index in [0.717, 1.165) is 18.5 Å². The molecule has 12 heavy (non-hydrogen) atoms. The number of hydrogen-bond donors (Lipinski definition) is 3. The summed E-state index contributed by atoms with van der Waals surface area (Å²) in [5.74, 6) is 0.228. The van der Waals surface area contributed by atoms with E-state index >= 15 is 0 Å². The van der Waals surface area contributed by atoms with E-state index in [4.69, 9.17) is 5.11 Å². The number of H-pyrrole nitrogens is 1. The van der Waals surface area contributed by atoms with Gasteiger partial charge in [-0.05, 0) is 18.5 Å². The van der Waals surface area contributed by atoms with E-state index in [2.05, 4.69) is 22.5 Å². The minimum Gasteiger partial charge on any atom is -0.495 e. The van der Waals surface area contributed by atoms with Crippen LogP contribution in [0.3, 0.4) is 0 Å². The second-order valence-electron chi connectivity index (χ2n) is 2.97. The first-order valence-corrected chi connectivity index (χ1v) is 4.13. The van der Waals surface area contributed by atoms with Gasteiger partial charge in [-0.15, -0.1) is 0 Å². The van der Waals surface area contributed by atoms with Crippen LogP contribution in [-0.4, -0.2) is 16.6 Å². The maximum Gasteiger partial charge on any atom is 0.188 e. The van der Waals surface area contributed by atoms with Gasteiger partial charge < -0.3 is 15.4 Å². The van der Waals surface area contributed by atoms with E-state index in [-0.39, 0.29) is 11.9 Å². The summed E-state index contributed by atoms with van der Waals surface area (Å²) in [7, 11) is 0. The van der Waals surface area contributed by atoms with Gasteiger partial charge in [-0.25, -0.2) is 0 Å². The van der Waals surface area contributed by atoms with Crippen molar-refractivity contribution < 1.29 is 5.11 Å². The standard InChI is InChI=1S/C9H12N2O/c12-9-5-7(6-11-9)8-3-1-2-4-10-8/h1,3,5-6,8,10-12H,2,4H2. The second kappa shape index (κ2) is 3.03. The van der Waals surface area contributed by atoms with E-state index in [1.807, 2.05) is 6.20 Å². The minimum atomic E-state index is 0.228. The Labute approximate surface area is 71.1 Å². The zero-order chi connectivity index (χ0) is 8.39. The highest BCUT2D eigenvalue weighted by atomic mass is 16.3. The Morgan fingerprint density at radius 2 is 2.42 bits per heavy atom. The smallest absolute Gasteiger partial charge is 0.188 e. The van der Waals surface area contributed by atoms with Crippen LogP contribution in [0.5, 0.6) is 5.88 Å². The first-order valence-electron chi connectivity index (χ1n) is 4.13. The van der Waals surface area contributed by atoms with E-state index in [1.165, 1.54) is 0 Å². The Balaban J connectivity index is 2.18. The molecule has 0 aromatic carbocycles. The minimum absolute atomic E-state index is 0.228. The molecule has 1 atom stereocenters. The molecular weight excluding hydrogens is 152 g/mol. The first-order chi connectivity index (χ1) is 5.86. The van der Waals surface area contributed by atoms with Crippen LogP contribution < -0.4 is 5.32 Å². The van der Waals surface area contributed by atoms with Crippen molar-refractivity contribution in [1.29, 1.82) is 0 Å². The molecule has 0 fully saturated rings. The van der Waals surface area contributed by atoms with Gasteiger partial charge in [0.15, 0.2) is 5.88 Å². The molecule has 0 saturated carbocycles. The molecular formula is C9H12N2O. The van der Waals surface area contributed by atoms with Crippen LogP contribution in [0, 0.1) is 0 Å². The fourth-order valence-corrected chi connectivity index (χ4v) is 1.43. The van der Waals surface area contributed by atoms with Gasteiger partial charge >= 0.3 is 0 Å². The van der Waals surface area contributed by atoms with Gasteiger partial charge in [0, 0.05) is 12.3 Å². The largest absolute Gasteiger partial charge is 0.495 e. The highest BCUT2D eigenvalue weighted by molar-refractivity contribution is 5.27. The summed E-state index contributed by atoms with van der Waals surface area (Å²) in [6.07, 6.45) is 7.19. The van der Waals surface area contributed by atoms with Gasteiger partial charge in [0.1, 0.15) is 0 Å². The Bertz CT molecular complexity index is 290. The van der Waals surface area contributed by atoms with Gasteiger partial charge in [-0.3, -0.25) is 0 Å². The van der Waals surface area contributed by atoms with Crippen molar-refractivity contribution in [3.63, 3.8) is 0 Å². The zero-order valence-electron chi connectivity index (χ0n) is 6.75. The normalized spacial score (nSPS) is 22.8. The van der Waals surface area contributed by atoms with Gasteiger partial charge in [-0.2, -0.15) is 0 Å². The zero-order valence-corrected chi connectivity index (χ0v) is 6.75. The summed E-state index contributed by atoms with van der Waals surface area (Å²) in [5, 5.41) is 12.4. The number of aromatic hydroxyl groups is 1. The average Bonchev–Trinajstić information content (AvgIpc) is 2.54. The molecule has 1 aliphatic heterocycles. The predicted octanol–water partition coefficient (Wildman–Crippen LogP) is 1.31. The lowest BCUT2D eigenvalue weighted by Crippen LogP contribution is -2.22. The maximum absolute atomic E-state index is 9.08. The monoisotopic (exact) mass is 164 g/mol. The van der Waals surface area contributed by atoms with Crippen LogP contribution in [0.1, 0.15) is 18.0 Å². The molecule has 0 spiro atoms. The maximum atomic E-state index is 9.08. The van der Waals surface area contributed by atoms with Crippen molar-refractivity contribution in [3.8, 4) is 5.88 Å². The molecule has 0 aliphatic carbocycles. The highest BCUT2D eigenvalue weighted by Gasteiger charge is 2.10. The SMILES string of the molecule is Oc1cc(C2C=CCCN2)c[nH]1. The summed E-state index contributed by atoms with van der Waals surface area (Å²) in [5.41, 5.74) is 1.09. The van der Waals surface area contributed by atoms with Crippen molar-refractivity contribution in [2.24, 2.45) is 0 Å². The van der Waals surface area contributed by atoms with Crippen LogP contribution in [0.2, 0.25) is 0 Å². The van der Waals surface area contributed by atoms with Crippen molar-refractivity contribution in [2.45, 2.75) is 12.5 Å². The summed E-state index contributed by atoms with van der Waals surface area (Å²) in [6.45, 7) is 1.01. The van der Waals surface area contributed by atoms with E-state index in [0.29, 0.717) is 0 Å². The topological polar surface area (TPSA) is 48.0 Å². The molecule has 0 bridgehead atoms. The van der Waals surface area contributed by atoms with Crippen molar-refractivity contribution >= 4 is 0 Å². The quantitative estimate of drug-likeness (QED) is 0.548. The lowest BCUT2D eigenvalue weighted by atomic mass is 10.1. The molecule has 1 aromatic heterocycles. The van der Waals surface area contributed by atoms with Gasteiger partial charge in [-0.1, -0.05) is 12.2 Å². The molecule has 3 nitrogen and oxygen atoms in total. The Morgan fingerprint density at radius 3 is 3.00 bits per heavy atom. The van der Waals surface area contributed by atoms with Gasteiger partial charge in [0.2, 0.25) is 0 Å². The summed E-state index contributed by atoms with van der Waals surface area (Å²) in [4.78, 5) is 2.75. The highest BCUT2D eigenvalue weighted by Crippen LogP contribution is 2.20. The van der Waals surface area contributed by atoms with Crippen molar-refractivity contribution in [3.05, 3.63) is 30.0 Å². The third kappa shape index (κ3) is 1.36. The summed E-state index contributed by atoms with van der Waals surface area (Å²) in [6, 6.07) is 2.00. The van der Waals surface area contributed by atoms with Crippen molar-refractivity contribution in [1.82, 2.24) is 10.3 Å². The fourth-order valence-electron chi connectivity index (χ4n) is 1.43. The third-order valence-corrected chi connectivity index (χ3v) is 2.05. The molecule has 0 amide bonds. The van der Waals surface area contributed by atoms with Crippen LogP contribution in [0.4, 0.5) is 0 Å². The van der Waals surface area contributed by atoms with Crippen LogP contribution >= 0.6 is 0 Å². The average molecular weight is 164 g/mol. The Morgan fingerprint density at radius 1 is 1.50 bits per heavy atom. The molecule has 3 N–H and O–H groups in total. The number of aromatic amines is 1. The first kappa shape index (κ1) is 7.43. The fraction of sp³-hybridized carbons (Fsp3) is 0.333. The van der Waals surface area contributed by atoms with Crippen LogP contribution in [0.15, 0.2) is 24.4 Å². The summed E-state index contributed by atoms with van der Waals surface area (Å²) < 4.78 is 0. The number of rotatable bonds is 1. The van der Waals surface area contributed by atoms with Gasteiger partial charge in [0.05, 0.1) is 6.04 Å². The molecule has 64 valence electrons. The van der Waals surface area contributed by atoms with Crippen molar-refractivity contribution in [2.75, 3.05) is 6.54 Å². The van der Waals surface area contributed by atoms with E-state index < -0.39 is 0 Å². The third-order valence-electron chi connectivity index (χ3n) is 2.05. The van der Waals surface area contributed by atoms with E-state index in [9.17, 15) is 0 Å². The molecule has 2 heterocycles. The Hall–Kier alpha value is -1.22. The number of aromatic nitrogens is 1. The molecule has 1 aromatic rings. The molecule has 3 heteroatoms. The van der Waals surface area contributed by atoms with E-state index in [1.54, 1.807) is 6.07 Å². The lowest BCUT2D eigenvalue weighted by Gasteiger charge is -2.16. The van der Waals surface area contributed by atoms with Crippen LogP contribution in [-0.2, 0) is 0 Å². The van der Waals surface area contributed by atoms with Gasteiger partial charge in [0.25, 0.3) is 0 Å². The molecule has 2 rings (SSSR count). The lowest BCUT2D eigenvalue weighted by molar-refractivity contribution is 0.456. The molecule has 1 aliphatic rings. The molecule has 1 unspecified atom stereocenters. The predicted molar refractivity (Wildman–Crippen MR) is 47.0 cm³/mol. The summed E-state index contributed by atoms with van der Waals surface area (Å²) >= 11 is 0. The van der Waals surface area contributed by atoms with Crippen LogP contribution in [0.25, 0.3) is 0 Å². The second-order valence-corrected chi connectivity index (χ2v) is 2.97. The molecule has 0 radical (unpaired) electrons. The molecule has 0 saturated heterocycles.